The molecule has 1 fully saturated rings. The largest absolute Gasteiger partial charge is 0.497 e. The molecule has 0 radical (unpaired) electrons. The SMILES string of the molecule is COc1ccc(C2CCN(C(=O)c3cnn(-c4ccc(OC)nn4)c3C(F)(F)F)C2)cc1. The van der Waals surface area contributed by atoms with Crippen LogP contribution in [0.25, 0.3) is 5.82 Å². The summed E-state index contributed by atoms with van der Waals surface area (Å²) in [6.07, 6.45) is -3.24. The monoisotopic (exact) mass is 447 g/mol. The number of methoxy groups -OCH3 is 2. The summed E-state index contributed by atoms with van der Waals surface area (Å²) in [6.45, 7) is 0.663. The van der Waals surface area contributed by atoms with E-state index in [9.17, 15) is 18.0 Å². The van der Waals surface area contributed by atoms with E-state index in [0.29, 0.717) is 29.9 Å². The molecule has 11 heteroatoms. The maximum atomic E-state index is 13.9. The Hall–Kier alpha value is -3.63. The maximum absolute atomic E-state index is 13.9. The fraction of sp³-hybridized carbons (Fsp3) is 0.333. The molecule has 0 N–H and O–H groups in total. The number of rotatable bonds is 5. The number of nitrogens with zero attached hydrogens (tertiary/aromatic N) is 5. The first-order valence-electron chi connectivity index (χ1n) is 9.78. The Morgan fingerprint density at radius 2 is 1.81 bits per heavy atom. The van der Waals surface area contributed by atoms with Crippen molar-refractivity contribution < 1.29 is 27.4 Å². The highest BCUT2D eigenvalue weighted by atomic mass is 19.4. The molecule has 3 heterocycles. The third-order valence-corrected chi connectivity index (χ3v) is 5.38. The molecule has 1 atom stereocenters. The van der Waals surface area contributed by atoms with Crippen molar-refractivity contribution in [3.05, 3.63) is 59.4 Å². The van der Waals surface area contributed by atoms with E-state index in [-0.39, 0.29) is 17.6 Å². The van der Waals surface area contributed by atoms with Crippen LogP contribution in [0.2, 0.25) is 0 Å². The lowest BCUT2D eigenvalue weighted by Crippen LogP contribution is -2.30. The van der Waals surface area contributed by atoms with Crippen LogP contribution in [-0.4, -0.2) is 58.1 Å². The second-order valence-corrected chi connectivity index (χ2v) is 7.26. The van der Waals surface area contributed by atoms with E-state index >= 15 is 0 Å². The summed E-state index contributed by atoms with van der Waals surface area (Å²) in [5.41, 5.74) is -0.707. The van der Waals surface area contributed by atoms with Crippen LogP contribution in [0.1, 0.15) is 34.0 Å². The predicted octanol–water partition coefficient (Wildman–Crippen LogP) is 3.33. The van der Waals surface area contributed by atoms with Gasteiger partial charge in [0, 0.05) is 25.1 Å². The fourth-order valence-electron chi connectivity index (χ4n) is 3.75. The van der Waals surface area contributed by atoms with Crippen molar-refractivity contribution in [1.29, 1.82) is 0 Å². The van der Waals surface area contributed by atoms with E-state index in [2.05, 4.69) is 15.3 Å². The third kappa shape index (κ3) is 4.10. The van der Waals surface area contributed by atoms with Crippen molar-refractivity contribution in [3.63, 3.8) is 0 Å². The van der Waals surface area contributed by atoms with Crippen molar-refractivity contribution in [2.75, 3.05) is 27.3 Å². The molecule has 4 rings (SSSR count). The summed E-state index contributed by atoms with van der Waals surface area (Å²) in [6, 6.07) is 10.1. The lowest BCUT2D eigenvalue weighted by atomic mass is 9.98. The van der Waals surface area contributed by atoms with Crippen molar-refractivity contribution >= 4 is 5.91 Å². The molecule has 8 nitrogen and oxygen atoms in total. The Morgan fingerprint density at radius 1 is 1.06 bits per heavy atom. The highest BCUT2D eigenvalue weighted by Gasteiger charge is 2.42. The normalized spacial score (nSPS) is 16.3. The molecule has 0 bridgehead atoms. The van der Waals surface area contributed by atoms with E-state index in [1.54, 1.807) is 7.11 Å². The van der Waals surface area contributed by atoms with Gasteiger partial charge in [0.2, 0.25) is 5.88 Å². The standard InChI is InChI=1S/C21H20F3N5O3/c1-31-15-5-3-13(4-6-15)14-9-10-28(12-14)20(30)16-11-25-29(19(16)21(22,23)24)17-7-8-18(32-2)27-26-17/h3-8,11,14H,9-10,12H2,1-2H3. The lowest BCUT2D eigenvalue weighted by Gasteiger charge is -2.18. The molecule has 168 valence electrons. The summed E-state index contributed by atoms with van der Waals surface area (Å²) >= 11 is 0. The number of hydrogen-bond acceptors (Lipinski definition) is 6. The molecule has 1 aliphatic rings. The number of amides is 1. The number of carbonyl (C=O) groups is 1. The molecule has 0 aliphatic carbocycles. The van der Waals surface area contributed by atoms with Gasteiger partial charge in [0.1, 0.15) is 5.75 Å². The highest BCUT2D eigenvalue weighted by Crippen LogP contribution is 2.35. The Kier molecular flexibility index (Phi) is 5.72. The van der Waals surface area contributed by atoms with E-state index in [1.165, 1.54) is 24.1 Å². The Balaban J connectivity index is 1.60. The number of halogens is 3. The highest BCUT2D eigenvalue weighted by molar-refractivity contribution is 5.95. The minimum atomic E-state index is -4.82. The van der Waals surface area contributed by atoms with Crippen molar-refractivity contribution in [2.45, 2.75) is 18.5 Å². The predicted molar refractivity (Wildman–Crippen MR) is 107 cm³/mol. The zero-order chi connectivity index (χ0) is 22.9. The Morgan fingerprint density at radius 3 is 2.41 bits per heavy atom. The van der Waals surface area contributed by atoms with Gasteiger partial charge in [-0.15, -0.1) is 10.2 Å². The van der Waals surface area contributed by atoms with Gasteiger partial charge in [0.05, 0.1) is 26.0 Å². The van der Waals surface area contributed by atoms with E-state index < -0.39 is 23.3 Å². The number of benzene rings is 1. The van der Waals surface area contributed by atoms with Gasteiger partial charge in [-0.2, -0.15) is 18.3 Å². The molecular formula is C21H20F3N5O3. The first-order chi connectivity index (χ1) is 15.3. The van der Waals surface area contributed by atoms with Crippen LogP contribution in [0.5, 0.6) is 11.6 Å². The zero-order valence-corrected chi connectivity index (χ0v) is 17.3. The van der Waals surface area contributed by atoms with Crippen LogP contribution in [0.3, 0.4) is 0 Å². The first-order valence-corrected chi connectivity index (χ1v) is 9.78. The average Bonchev–Trinajstić information content (AvgIpc) is 3.46. The molecule has 2 aromatic heterocycles. The number of carbonyl (C=O) groups excluding carboxylic acids is 1. The molecule has 1 aliphatic heterocycles. The number of alkyl halides is 3. The molecule has 3 aromatic rings. The van der Waals surface area contributed by atoms with Gasteiger partial charge in [-0.25, -0.2) is 4.68 Å². The van der Waals surface area contributed by atoms with Gasteiger partial charge >= 0.3 is 6.18 Å². The number of likely N-dealkylation sites (tertiary alicyclic amines) is 1. The summed E-state index contributed by atoms with van der Waals surface area (Å²) in [5.74, 6) is -0.00611. The molecule has 0 saturated carbocycles. The van der Waals surface area contributed by atoms with E-state index in [0.717, 1.165) is 11.8 Å². The van der Waals surface area contributed by atoms with Crippen LogP contribution in [0.4, 0.5) is 13.2 Å². The minimum Gasteiger partial charge on any atom is -0.497 e. The van der Waals surface area contributed by atoms with Crippen LogP contribution in [0.15, 0.2) is 42.6 Å². The maximum Gasteiger partial charge on any atom is 0.434 e. The van der Waals surface area contributed by atoms with E-state index in [4.69, 9.17) is 9.47 Å². The second-order valence-electron chi connectivity index (χ2n) is 7.26. The van der Waals surface area contributed by atoms with Gasteiger partial charge in [-0.1, -0.05) is 12.1 Å². The fourth-order valence-corrected chi connectivity index (χ4v) is 3.75. The van der Waals surface area contributed by atoms with Crippen LogP contribution < -0.4 is 9.47 Å². The molecular weight excluding hydrogens is 427 g/mol. The van der Waals surface area contributed by atoms with Crippen LogP contribution in [-0.2, 0) is 6.18 Å². The molecule has 1 amide bonds. The van der Waals surface area contributed by atoms with Gasteiger partial charge in [-0.05, 0) is 30.2 Å². The van der Waals surface area contributed by atoms with Crippen molar-refractivity contribution in [2.24, 2.45) is 0 Å². The summed E-state index contributed by atoms with van der Waals surface area (Å²) in [4.78, 5) is 14.5. The van der Waals surface area contributed by atoms with Gasteiger partial charge in [-0.3, -0.25) is 4.79 Å². The van der Waals surface area contributed by atoms with Gasteiger partial charge < -0.3 is 14.4 Å². The molecule has 0 spiro atoms. The quantitative estimate of drug-likeness (QED) is 0.597. The molecule has 1 aromatic carbocycles. The smallest absolute Gasteiger partial charge is 0.434 e. The molecule has 32 heavy (non-hydrogen) atoms. The topological polar surface area (TPSA) is 82.4 Å². The number of ether oxygens (including phenoxy) is 2. The van der Waals surface area contributed by atoms with Crippen molar-refractivity contribution in [1.82, 2.24) is 24.9 Å². The number of aromatic nitrogens is 4. The average molecular weight is 447 g/mol. The molecule has 1 saturated heterocycles. The summed E-state index contributed by atoms with van der Waals surface area (Å²) < 4.78 is 52.4. The Bertz CT molecular complexity index is 1100. The Labute approximate surface area is 181 Å². The zero-order valence-electron chi connectivity index (χ0n) is 17.3. The summed E-state index contributed by atoms with van der Waals surface area (Å²) in [5, 5.41) is 11.2. The lowest BCUT2D eigenvalue weighted by molar-refractivity contribution is -0.143. The third-order valence-electron chi connectivity index (χ3n) is 5.38. The van der Waals surface area contributed by atoms with Gasteiger partial charge in [0.15, 0.2) is 11.5 Å². The number of hydrogen-bond donors (Lipinski definition) is 0. The minimum absolute atomic E-state index is 0.0293. The van der Waals surface area contributed by atoms with Crippen molar-refractivity contribution in [3.8, 4) is 17.4 Å². The van der Waals surface area contributed by atoms with Gasteiger partial charge in [0.25, 0.3) is 5.91 Å². The molecule has 1 unspecified atom stereocenters. The second kappa shape index (κ2) is 8.48. The van der Waals surface area contributed by atoms with Crippen LogP contribution in [0, 0.1) is 0 Å². The summed E-state index contributed by atoms with van der Waals surface area (Å²) in [7, 11) is 2.94. The van der Waals surface area contributed by atoms with E-state index in [1.807, 2.05) is 24.3 Å². The van der Waals surface area contributed by atoms with Crippen LogP contribution >= 0.6 is 0 Å². The first kappa shape index (κ1) is 21.6.